The van der Waals surface area contributed by atoms with Gasteiger partial charge in [0, 0.05) is 17.0 Å². The normalized spacial score (nSPS) is 18.6. The molecule has 1 atom stereocenters. The second-order valence-electron chi connectivity index (χ2n) is 5.01. The molecule has 0 bridgehead atoms. The Bertz CT molecular complexity index is 752. The highest BCUT2D eigenvalue weighted by atomic mass is 32.2. The SMILES string of the molecule is CCc1ccc(S(=O)(=O)N2CCC(O)c3ccccc32)s1. The Morgan fingerprint density at radius 1 is 1.29 bits per heavy atom. The second-order valence-corrected chi connectivity index (χ2v) is 8.27. The Morgan fingerprint density at radius 2 is 2.05 bits per heavy atom. The van der Waals surface area contributed by atoms with Crippen LogP contribution in [0.5, 0.6) is 0 Å². The fourth-order valence-corrected chi connectivity index (χ4v) is 5.47. The van der Waals surface area contributed by atoms with E-state index < -0.39 is 16.1 Å². The van der Waals surface area contributed by atoms with E-state index in [1.54, 1.807) is 24.3 Å². The number of aliphatic hydroxyl groups is 1. The van der Waals surface area contributed by atoms with Crippen molar-refractivity contribution in [3.8, 4) is 0 Å². The van der Waals surface area contributed by atoms with Gasteiger partial charge in [-0.2, -0.15) is 0 Å². The zero-order chi connectivity index (χ0) is 15.0. The van der Waals surface area contributed by atoms with Crippen molar-refractivity contribution in [3.63, 3.8) is 0 Å². The lowest BCUT2D eigenvalue weighted by molar-refractivity contribution is 0.166. The summed E-state index contributed by atoms with van der Waals surface area (Å²) in [7, 11) is -3.55. The molecule has 0 saturated carbocycles. The quantitative estimate of drug-likeness (QED) is 0.945. The summed E-state index contributed by atoms with van der Waals surface area (Å²) < 4.78 is 27.5. The van der Waals surface area contributed by atoms with Crippen LogP contribution in [0.15, 0.2) is 40.6 Å². The average molecular weight is 323 g/mol. The van der Waals surface area contributed by atoms with Gasteiger partial charge in [0.25, 0.3) is 10.0 Å². The number of nitrogens with zero attached hydrogens (tertiary/aromatic N) is 1. The van der Waals surface area contributed by atoms with Crippen molar-refractivity contribution in [2.75, 3.05) is 10.8 Å². The Balaban J connectivity index is 2.06. The molecule has 1 N–H and O–H groups in total. The molecule has 0 fully saturated rings. The van der Waals surface area contributed by atoms with Crippen LogP contribution >= 0.6 is 11.3 Å². The first-order valence-electron chi connectivity index (χ1n) is 6.92. The molecule has 0 amide bonds. The average Bonchev–Trinajstić information content (AvgIpc) is 2.97. The number of hydrogen-bond donors (Lipinski definition) is 1. The van der Waals surface area contributed by atoms with E-state index in [9.17, 15) is 13.5 Å². The van der Waals surface area contributed by atoms with Crippen molar-refractivity contribution in [3.05, 3.63) is 46.8 Å². The van der Waals surface area contributed by atoms with Gasteiger partial charge in [-0.3, -0.25) is 4.31 Å². The number of sulfonamides is 1. The van der Waals surface area contributed by atoms with Crippen molar-refractivity contribution in [2.45, 2.75) is 30.1 Å². The van der Waals surface area contributed by atoms with Crippen LogP contribution < -0.4 is 4.31 Å². The molecule has 4 nitrogen and oxygen atoms in total. The topological polar surface area (TPSA) is 57.6 Å². The molecule has 2 aromatic rings. The first kappa shape index (κ1) is 14.6. The summed E-state index contributed by atoms with van der Waals surface area (Å²) in [5.74, 6) is 0. The third-order valence-electron chi connectivity index (χ3n) is 3.70. The van der Waals surface area contributed by atoms with E-state index in [1.165, 1.54) is 15.6 Å². The van der Waals surface area contributed by atoms with Crippen LogP contribution in [-0.2, 0) is 16.4 Å². The molecule has 1 aliphatic heterocycles. The van der Waals surface area contributed by atoms with E-state index in [1.807, 2.05) is 19.1 Å². The number of benzene rings is 1. The number of fused-ring (bicyclic) bond motifs is 1. The van der Waals surface area contributed by atoms with Crippen LogP contribution in [0.1, 0.15) is 29.9 Å². The number of rotatable bonds is 3. The number of anilines is 1. The molecule has 1 aromatic heterocycles. The van der Waals surface area contributed by atoms with E-state index >= 15 is 0 Å². The molecule has 0 radical (unpaired) electrons. The predicted molar refractivity (Wildman–Crippen MR) is 84.2 cm³/mol. The summed E-state index contributed by atoms with van der Waals surface area (Å²) in [6.45, 7) is 2.31. The molecule has 0 spiro atoms. The predicted octanol–water partition coefficient (Wildman–Crippen LogP) is 2.94. The fourth-order valence-electron chi connectivity index (χ4n) is 2.56. The first-order chi connectivity index (χ1) is 10.0. The van der Waals surface area contributed by atoms with Crippen molar-refractivity contribution in [1.29, 1.82) is 0 Å². The lowest BCUT2D eigenvalue weighted by Gasteiger charge is -2.32. The largest absolute Gasteiger partial charge is 0.388 e. The Morgan fingerprint density at radius 3 is 2.76 bits per heavy atom. The summed E-state index contributed by atoms with van der Waals surface area (Å²) in [5.41, 5.74) is 1.27. The summed E-state index contributed by atoms with van der Waals surface area (Å²) >= 11 is 1.32. The van der Waals surface area contributed by atoms with Crippen LogP contribution in [0, 0.1) is 0 Å². The van der Waals surface area contributed by atoms with Crippen molar-refractivity contribution in [1.82, 2.24) is 0 Å². The molecule has 112 valence electrons. The van der Waals surface area contributed by atoms with Crippen LogP contribution in [0.2, 0.25) is 0 Å². The van der Waals surface area contributed by atoms with Crippen molar-refractivity contribution in [2.24, 2.45) is 0 Å². The zero-order valence-corrected chi connectivity index (χ0v) is 13.3. The summed E-state index contributed by atoms with van der Waals surface area (Å²) in [5, 5.41) is 10.0. The summed E-state index contributed by atoms with van der Waals surface area (Å²) in [6.07, 6.45) is 0.653. The van der Waals surface area contributed by atoms with E-state index in [4.69, 9.17) is 0 Å². The van der Waals surface area contributed by atoms with Gasteiger partial charge in [0.2, 0.25) is 0 Å². The minimum absolute atomic E-state index is 0.305. The maximum Gasteiger partial charge on any atom is 0.273 e. The van der Waals surface area contributed by atoms with Gasteiger partial charge in [-0.15, -0.1) is 11.3 Å². The highest BCUT2D eigenvalue weighted by molar-refractivity contribution is 7.94. The van der Waals surface area contributed by atoms with Crippen LogP contribution in [0.25, 0.3) is 0 Å². The van der Waals surface area contributed by atoms with Gasteiger partial charge in [0.1, 0.15) is 4.21 Å². The van der Waals surface area contributed by atoms with Crippen LogP contribution in [-0.4, -0.2) is 20.1 Å². The number of thiophene rings is 1. The standard InChI is InChI=1S/C15H17NO3S2/c1-2-11-7-8-15(20-11)21(18,19)16-10-9-14(17)12-5-3-4-6-13(12)16/h3-8,14,17H,2,9-10H2,1H3. The summed E-state index contributed by atoms with van der Waals surface area (Å²) in [6, 6.07) is 10.7. The number of aliphatic hydroxyl groups excluding tert-OH is 1. The van der Waals surface area contributed by atoms with Gasteiger partial charge in [-0.1, -0.05) is 25.1 Å². The highest BCUT2D eigenvalue weighted by Crippen LogP contribution is 2.38. The van der Waals surface area contributed by atoms with Crippen LogP contribution in [0.4, 0.5) is 5.69 Å². The number of hydrogen-bond acceptors (Lipinski definition) is 4. The molecular weight excluding hydrogens is 306 g/mol. The molecular formula is C15H17NO3S2. The van der Waals surface area contributed by atoms with Gasteiger partial charge in [-0.05, 0) is 31.0 Å². The maximum atomic E-state index is 12.8. The first-order valence-corrected chi connectivity index (χ1v) is 9.18. The Labute approximate surface area is 128 Å². The minimum atomic E-state index is -3.55. The molecule has 0 saturated heterocycles. The van der Waals surface area contributed by atoms with Gasteiger partial charge in [0.15, 0.2) is 0 Å². The minimum Gasteiger partial charge on any atom is -0.388 e. The van der Waals surface area contributed by atoms with Gasteiger partial charge in [-0.25, -0.2) is 8.42 Å². The van der Waals surface area contributed by atoms with Crippen molar-refractivity contribution >= 4 is 27.0 Å². The number of aryl methyl sites for hydroxylation is 1. The van der Waals surface area contributed by atoms with Gasteiger partial charge in [0.05, 0.1) is 11.8 Å². The molecule has 1 unspecified atom stereocenters. The second kappa shape index (κ2) is 5.44. The molecule has 1 aromatic carbocycles. The molecule has 3 rings (SSSR count). The molecule has 0 aliphatic carbocycles. The van der Waals surface area contributed by atoms with Gasteiger partial charge >= 0.3 is 0 Å². The number of para-hydroxylation sites is 1. The molecule has 21 heavy (non-hydrogen) atoms. The molecule has 6 heteroatoms. The lowest BCUT2D eigenvalue weighted by atomic mass is 10.0. The maximum absolute atomic E-state index is 12.8. The fraction of sp³-hybridized carbons (Fsp3) is 0.333. The third-order valence-corrected chi connectivity index (χ3v) is 7.21. The lowest BCUT2D eigenvalue weighted by Crippen LogP contribution is -2.36. The van der Waals surface area contributed by atoms with E-state index in [0.29, 0.717) is 28.4 Å². The molecule has 1 aliphatic rings. The third kappa shape index (κ3) is 2.47. The Kier molecular flexibility index (Phi) is 3.77. The van der Waals surface area contributed by atoms with E-state index in [-0.39, 0.29) is 0 Å². The smallest absolute Gasteiger partial charge is 0.273 e. The monoisotopic (exact) mass is 323 g/mol. The highest BCUT2D eigenvalue weighted by Gasteiger charge is 2.32. The zero-order valence-electron chi connectivity index (χ0n) is 11.7. The summed E-state index contributed by atoms with van der Waals surface area (Å²) in [4.78, 5) is 1.05. The van der Waals surface area contributed by atoms with E-state index in [2.05, 4.69) is 0 Å². The van der Waals surface area contributed by atoms with E-state index in [0.717, 1.165) is 11.3 Å². The van der Waals surface area contributed by atoms with Gasteiger partial charge < -0.3 is 5.11 Å². The van der Waals surface area contributed by atoms with Crippen LogP contribution in [0.3, 0.4) is 0 Å². The van der Waals surface area contributed by atoms with Crippen molar-refractivity contribution < 1.29 is 13.5 Å². The Hall–Kier alpha value is -1.37. The molecule has 2 heterocycles.